The molecular weight excluding hydrogens is 262 g/mol. The fourth-order valence-corrected chi connectivity index (χ4v) is 3.61. The molecule has 2 atom stereocenters. The van der Waals surface area contributed by atoms with Crippen LogP contribution in [0.4, 0.5) is 0 Å². The largest absolute Gasteiger partial charge is 0.388 e. The SMILES string of the molecule is OC(c1ccccc1)C1CCN(CCC2CCCO2)CC1. The van der Waals surface area contributed by atoms with Crippen LogP contribution in [0.1, 0.15) is 43.8 Å². The van der Waals surface area contributed by atoms with E-state index in [2.05, 4.69) is 4.90 Å². The highest BCUT2D eigenvalue weighted by Crippen LogP contribution is 2.30. The number of hydrogen-bond donors (Lipinski definition) is 1. The molecule has 2 heterocycles. The van der Waals surface area contributed by atoms with Gasteiger partial charge < -0.3 is 14.7 Å². The van der Waals surface area contributed by atoms with Crippen LogP contribution in [0.15, 0.2) is 30.3 Å². The molecule has 3 heteroatoms. The zero-order chi connectivity index (χ0) is 14.5. The van der Waals surface area contributed by atoms with Gasteiger partial charge in [-0.2, -0.15) is 0 Å². The van der Waals surface area contributed by atoms with Crippen molar-refractivity contribution in [3.05, 3.63) is 35.9 Å². The van der Waals surface area contributed by atoms with Crippen LogP contribution in [-0.2, 0) is 4.74 Å². The number of nitrogens with zero attached hydrogens (tertiary/aromatic N) is 1. The average Bonchev–Trinajstić information content (AvgIpc) is 3.07. The third kappa shape index (κ3) is 4.06. The van der Waals surface area contributed by atoms with Crippen LogP contribution < -0.4 is 0 Å². The third-order valence-electron chi connectivity index (χ3n) is 5.01. The quantitative estimate of drug-likeness (QED) is 0.904. The van der Waals surface area contributed by atoms with Crippen LogP contribution in [0.3, 0.4) is 0 Å². The van der Waals surface area contributed by atoms with E-state index >= 15 is 0 Å². The number of ether oxygens (including phenoxy) is 1. The Morgan fingerprint density at radius 2 is 1.90 bits per heavy atom. The van der Waals surface area contributed by atoms with E-state index in [0.717, 1.165) is 44.6 Å². The summed E-state index contributed by atoms with van der Waals surface area (Å²) in [5.41, 5.74) is 1.07. The Bertz CT molecular complexity index is 408. The maximum Gasteiger partial charge on any atom is 0.0819 e. The zero-order valence-electron chi connectivity index (χ0n) is 12.8. The van der Waals surface area contributed by atoms with Crippen molar-refractivity contribution in [1.29, 1.82) is 0 Å². The maximum absolute atomic E-state index is 10.5. The first-order chi connectivity index (χ1) is 10.3. The highest BCUT2D eigenvalue weighted by Gasteiger charge is 2.26. The predicted molar refractivity (Wildman–Crippen MR) is 84.2 cm³/mol. The first-order valence-electron chi connectivity index (χ1n) is 8.40. The van der Waals surface area contributed by atoms with Crippen LogP contribution >= 0.6 is 0 Å². The van der Waals surface area contributed by atoms with Gasteiger partial charge in [0.05, 0.1) is 12.2 Å². The Hall–Kier alpha value is -0.900. The Morgan fingerprint density at radius 3 is 2.57 bits per heavy atom. The molecule has 3 rings (SSSR count). The summed E-state index contributed by atoms with van der Waals surface area (Å²) in [6.45, 7) is 4.33. The lowest BCUT2D eigenvalue weighted by Crippen LogP contribution is -2.37. The summed E-state index contributed by atoms with van der Waals surface area (Å²) in [5, 5.41) is 10.5. The maximum atomic E-state index is 10.5. The molecule has 0 aromatic heterocycles. The topological polar surface area (TPSA) is 32.7 Å². The highest BCUT2D eigenvalue weighted by atomic mass is 16.5. The number of aliphatic hydroxyl groups excluding tert-OH is 1. The predicted octanol–water partition coefficient (Wildman–Crippen LogP) is 3.00. The number of benzene rings is 1. The molecule has 1 aromatic carbocycles. The van der Waals surface area contributed by atoms with Crippen LogP contribution in [0, 0.1) is 5.92 Å². The number of piperidine rings is 1. The lowest BCUT2D eigenvalue weighted by atomic mass is 9.87. The van der Waals surface area contributed by atoms with Crippen molar-refractivity contribution < 1.29 is 9.84 Å². The first-order valence-corrected chi connectivity index (χ1v) is 8.40. The molecule has 1 aromatic rings. The van der Waals surface area contributed by atoms with E-state index in [1.54, 1.807) is 0 Å². The van der Waals surface area contributed by atoms with Crippen molar-refractivity contribution in [1.82, 2.24) is 4.90 Å². The van der Waals surface area contributed by atoms with E-state index in [-0.39, 0.29) is 6.10 Å². The third-order valence-corrected chi connectivity index (χ3v) is 5.01. The summed E-state index contributed by atoms with van der Waals surface area (Å²) in [7, 11) is 0. The second-order valence-corrected chi connectivity index (χ2v) is 6.46. The van der Waals surface area contributed by atoms with Gasteiger partial charge in [-0.3, -0.25) is 0 Å². The van der Waals surface area contributed by atoms with Crippen molar-refractivity contribution in [2.24, 2.45) is 5.92 Å². The van der Waals surface area contributed by atoms with E-state index < -0.39 is 0 Å². The van der Waals surface area contributed by atoms with Gasteiger partial charge >= 0.3 is 0 Å². The van der Waals surface area contributed by atoms with Crippen LogP contribution in [0.5, 0.6) is 0 Å². The Labute approximate surface area is 127 Å². The van der Waals surface area contributed by atoms with Crippen molar-refractivity contribution in [3.63, 3.8) is 0 Å². The van der Waals surface area contributed by atoms with E-state index in [4.69, 9.17) is 4.74 Å². The summed E-state index contributed by atoms with van der Waals surface area (Å²) in [6, 6.07) is 10.1. The highest BCUT2D eigenvalue weighted by molar-refractivity contribution is 5.18. The minimum atomic E-state index is -0.300. The summed E-state index contributed by atoms with van der Waals surface area (Å²) in [5.74, 6) is 0.409. The second kappa shape index (κ2) is 7.39. The summed E-state index contributed by atoms with van der Waals surface area (Å²) < 4.78 is 5.69. The molecule has 0 aliphatic carbocycles. The molecule has 2 unspecified atom stereocenters. The molecule has 3 nitrogen and oxygen atoms in total. The minimum Gasteiger partial charge on any atom is -0.388 e. The lowest BCUT2D eigenvalue weighted by molar-refractivity contribution is 0.0485. The molecule has 0 bridgehead atoms. The monoisotopic (exact) mass is 289 g/mol. The van der Waals surface area contributed by atoms with E-state index in [0.29, 0.717) is 12.0 Å². The van der Waals surface area contributed by atoms with Crippen molar-refractivity contribution in [2.75, 3.05) is 26.2 Å². The van der Waals surface area contributed by atoms with Gasteiger partial charge in [0.2, 0.25) is 0 Å². The molecule has 2 aliphatic rings. The summed E-state index contributed by atoms with van der Waals surface area (Å²) in [6.07, 6.45) is 6.04. The fourth-order valence-electron chi connectivity index (χ4n) is 3.61. The normalized spacial score (nSPS) is 26.0. The van der Waals surface area contributed by atoms with Crippen molar-refractivity contribution in [3.8, 4) is 0 Å². The molecular formula is C18H27NO2. The summed E-state index contributed by atoms with van der Waals surface area (Å²) in [4.78, 5) is 2.54. The Balaban J connectivity index is 1.42. The molecule has 2 saturated heterocycles. The van der Waals surface area contributed by atoms with Crippen molar-refractivity contribution >= 4 is 0 Å². The molecule has 21 heavy (non-hydrogen) atoms. The van der Waals surface area contributed by atoms with Gasteiger partial charge in [0.25, 0.3) is 0 Å². The zero-order valence-corrected chi connectivity index (χ0v) is 12.8. The minimum absolute atomic E-state index is 0.300. The van der Waals surface area contributed by atoms with Gasteiger partial charge in [-0.15, -0.1) is 0 Å². The number of aliphatic hydroxyl groups is 1. The first kappa shape index (κ1) is 15.0. The van der Waals surface area contributed by atoms with Gasteiger partial charge in [-0.1, -0.05) is 30.3 Å². The van der Waals surface area contributed by atoms with Gasteiger partial charge in [0, 0.05) is 13.2 Å². The average molecular weight is 289 g/mol. The molecule has 0 spiro atoms. The summed E-state index contributed by atoms with van der Waals surface area (Å²) >= 11 is 0. The lowest BCUT2D eigenvalue weighted by Gasteiger charge is -2.34. The van der Waals surface area contributed by atoms with Gasteiger partial charge in [-0.05, 0) is 56.7 Å². The van der Waals surface area contributed by atoms with Gasteiger partial charge in [-0.25, -0.2) is 0 Å². The van der Waals surface area contributed by atoms with Crippen LogP contribution in [0.2, 0.25) is 0 Å². The fraction of sp³-hybridized carbons (Fsp3) is 0.667. The smallest absolute Gasteiger partial charge is 0.0819 e. The molecule has 1 N–H and O–H groups in total. The van der Waals surface area contributed by atoms with Crippen molar-refractivity contribution in [2.45, 2.75) is 44.3 Å². The van der Waals surface area contributed by atoms with Crippen LogP contribution in [-0.4, -0.2) is 42.4 Å². The van der Waals surface area contributed by atoms with E-state index in [1.165, 1.54) is 19.3 Å². The molecule has 2 aliphatic heterocycles. The Kier molecular flexibility index (Phi) is 5.28. The number of likely N-dealkylation sites (tertiary alicyclic amines) is 1. The Morgan fingerprint density at radius 1 is 1.14 bits per heavy atom. The standard InChI is InChI=1S/C18H27NO2/c20-18(15-5-2-1-3-6-15)16-8-11-19(12-9-16)13-10-17-7-4-14-21-17/h1-3,5-6,16-18,20H,4,7-14H2. The molecule has 0 saturated carbocycles. The van der Waals surface area contributed by atoms with Crippen LogP contribution in [0.25, 0.3) is 0 Å². The molecule has 0 radical (unpaired) electrons. The molecule has 0 amide bonds. The molecule has 2 fully saturated rings. The van der Waals surface area contributed by atoms with E-state index in [1.807, 2.05) is 30.3 Å². The van der Waals surface area contributed by atoms with E-state index in [9.17, 15) is 5.11 Å². The second-order valence-electron chi connectivity index (χ2n) is 6.46. The van der Waals surface area contributed by atoms with Gasteiger partial charge in [0.15, 0.2) is 0 Å². The van der Waals surface area contributed by atoms with Gasteiger partial charge in [0.1, 0.15) is 0 Å². The number of rotatable bonds is 5. The number of hydrogen-bond acceptors (Lipinski definition) is 3. The molecule has 116 valence electrons.